The van der Waals surface area contributed by atoms with E-state index in [0.717, 1.165) is 6.42 Å². The van der Waals surface area contributed by atoms with Gasteiger partial charge in [0.2, 0.25) is 0 Å². The average Bonchev–Trinajstić information content (AvgIpc) is 1.63. The Hall–Kier alpha value is 0.540. The maximum atomic E-state index is 5.70. The first kappa shape index (κ1) is 9.54. The van der Waals surface area contributed by atoms with Crippen molar-refractivity contribution >= 4 is 23.2 Å². The van der Waals surface area contributed by atoms with Gasteiger partial charge in [-0.1, -0.05) is 11.6 Å². The summed E-state index contributed by atoms with van der Waals surface area (Å²) in [5.41, 5.74) is 0. The van der Waals surface area contributed by atoms with Crippen LogP contribution < -0.4 is 0 Å². The smallest absolute Gasteiger partial charge is 0.136 e. The number of alkyl halides is 2. The lowest BCUT2D eigenvalue weighted by atomic mass is 10.4. The minimum atomic E-state index is -0.536. The number of ether oxygens (including phenoxy) is 1. The van der Waals surface area contributed by atoms with Crippen LogP contribution in [0.15, 0.2) is 0 Å². The number of halogens is 2. The summed E-state index contributed by atoms with van der Waals surface area (Å²) in [6.07, 6.45) is 0.859. The summed E-state index contributed by atoms with van der Waals surface area (Å²) in [6.45, 7) is 4.26. The minimum absolute atomic E-state index is 0.536. The Morgan fingerprint density at radius 2 is 2.00 bits per heavy atom. The molecule has 1 nitrogen and oxygen atoms in total. The second-order valence-electron chi connectivity index (χ2n) is 2.25. The quantitative estimate of drug-likeness (QED) is 0.466. The lowest BCUT2D eigenvalue weighted by Crippen LogP contribution is -2.16. The highest BCUT2D eigenvalue weighted by molar-refractivity contribution is 6.22. The Labute approximate surface area is 66.3 Å². The van der Waals surface area contributed by atoms with Gasteiger partial charge >= 0.3 is 0 Å². The molecule has 0 bridgehead atoms. The summed E-state index contributed by atoms with van der Waals surface area (Å²) >= 11 is 11.1. The molecular formula is C6H12Cl2O. The van der Waals surface area contributed by atoms with Gasteiger partial charge in [0.25, 0.3) is 0 Å². The third-order valence-corrected chi connectivity index (χ3v) is 1.10. The minimum Gasteiger partial charge on any atom is -0.360 e. The van der Waals surface area contributed by atoms with Crippen LogP contribution in [0.1, 0.15) is 20.3 Å². The van der Waals surface area contributed by atoms with Crippen molar-refractivity contribution in [2.45, 2.75) is 25.3 Å². The molecule has 0 aromatic rings. The molecule has 0 aromatic carbocycles. The zero-order valence-electron chi connectivity index (χ0n) is 5.79. The molecule has 0 heterocycles. The average molecular weight is 171 g/mol. The van der Waals surface area contributed by atoms with Gasteiger partial charge < -0.3 is 4.74 Å². The van der Waals surface area contributed by atoms with E-state index in [0.29, 0.717) is 12.5 Å². The first-order valence-electron chi connectivity index (χ1n) is 2.95. The van der Waals surface area contributed by atoms with Crippen molar-refractivity contribution in [3.63, 3.8) is 0 Å². The zero-order valence-corrected chi connectivity index (χ0v) is 7.30. The van der Waals surface area contributed by atoms with Gasteiger partial charge in [-0.05, 0) is 20.3 Å². The highest BCUT2D eigenvalue weighted by Gasteiger charge is 2.11. The van der Waals surface area contributed by atoms with Gasteiger partial charge in [-0.15, -0.1) is 11.6 Å². The van der Waals surface area contributed by atoms with Gasteiger partial charge in [0.1, 0.15) is 5.06 Å². The van der Waals surface area contributed by atoms with E-state index in [2.05, 4.69) is 0 Å². The van der Waals surface area contributed by atoms with Crippen molar-refractivity contribution in [1.29, 1.82) is 0 Å². The van der Waals surface area contributed by atoms with Crippen molar-refractivity contribution in [3.05, 3.63) is 0 Å². The molecule has 3 heteroatoms. The Balaban J connectivity index is 3.07. The monoisotopic (exact) mass is 170 g/mol. The molecule has 9 heavy (non-hydrogen) atoms. The molecule has 56 valence electrons. The van der Waals surface area contributed by atoms with Crippen LogP contribution in [0.3, 0.4) is 0 Å². The Kier molecular flexibility index (Phi) is 4.63. The summed E-state index contributed by atoms with van der Waals surface area (Å²) in [5.74, 6) is 0.632. The van der Waals surface area contributed by atoms with Crippen molar-refractivity contribution in [2.75, 3.05) is 12.5 Å². The van der Waals surface area contributed by atoms with Crippen LogP contribution in [0, 0.1) is 0 Å². The third kappa shape index (κ3) is 8.54. The number of hydrogen-bond donors (Lipinski definition) is 0. The first-order valence-corrected chi connectivity index (χ1v) is 3.86. The van der Waals surface area contributed by atoms with E-state index in [-0.39, 0.29) is 0 Å². The largest absolute Gasteiger partial charge is 0.360 e. The Morgan fingerprint density at radius 3 is 2.33 bits per heavy atom. The highest BCUT2D eigenvalue weighted by atomic mass is 35.5. The maximum Gasteiger partial charge on any atom is 0.136 e. The normalized spacial score (nSPS) is 12.0. The molecule has 0 amide bonds. The van der Waals surface area contributed by atoms with Crippen LogP contribution in [0.5, 0.6) is 0 Å². The molecule has 0 spiro atoms. The maximum absolute atomic E-state index is 5.70. The van der Waals surface area contributed by atoms with Gasteiger partial charge in [0.15, 0.2) is 0 Å². The lowest BCUT2D eigenvalue weighted by Gasteiger charge is -2.15. The van der Waals surface area contributed by atoms with Crippen molar-refractivity contribution in [1.82, 2.24) is 0 Å². The topological polar surface area (TPSA) is 9.23 Å². The van der Waals surface area contributed by atoms with E-state index in [1.807, 2.05) is 13.8 Å². The van der Waals surface area contributed by atoms with E-state index in [9.17, 15) is 0 Å². The van der Waals surface area contributed by atoms with Gasteiger partial charge in [-0.25, -0.2) is 0 Å². The molecule has 0 aromatic heterocycles. The SMILES string of the molecule is CC(C)(Cl)OCCCCl. The van der Waals surface area contributed by atoms with E-state index in [1.165, 1.54) is 0 Å². The van der Waals surface area contributed by atoms with Gasteiger partial charge in [-0.3, -0.25) is 0 Å². The number of hydrogen-bond acceptors (Lipinski definition) is 1. The van der Waals surface area contributed by atoms with Crippen molar-refractivity contribution in [3.8, 4) is 0 Å². The Bertz CT molecular complexity index is 67.9. The van der Waals surface area contributed by atoms with E-state index in [4.69, 9.17) is 27.9 Å². The molecule has 0 aliphatic rings. The first-order chi connectivity index (χ1) is 4.06. The van der Waals surface area contributed by atoms with Gasteiger partial charge in [0.05, 0.1) is 0 Å². The molecule has 0 atom stereocenters. The van der Waals surface area contributed by atoms with E-state index >= 15 is 0 Å². The fourth-order valence-electron chi connectivity index (χ4n) is 0.369. The molecule has 0 saturated carbocycles. The molecule has 0 unspecified atom stereocenters. The Morgan fingerprint density at radius 1 is 1.44 bits per heavy atom. The van der Waals surface area contributed by atoms with E-state index in [1.54, 1.807) is 0 Å². The fraction of sp³-hybridized carbons (Fsp3) is 1.00. The van der Waals surface area contributed by atoms with Crippen LogP contribution in [0.2, 0.25) is 0 Å². The molecular weight excluding hydrogens is 159 g/mol. The summed E-state index contributed by atoms with van der Waals surface area (Å²) in [6, 6.07) is 0. The molecule has 0 N–H and O–H groups in total. The summed E-state index contributed by atoms with van der Waals surface area (Å²) in [4.78, 5) is 0. The summed E-state index contributed by atoms with van der Waals surface area (Å²) in [7, 11) is 0. The second kappa shape index (κ2) is 4.37. The van der Waals surface area contributed by atoms with Crippen LogP contribution in [-0.4, -0.2) is 17.5 Å². The lowest BCUT2D eigenvalue weighted by molar-refractivity contribution is 0.0472. The molecule has 0 aliphatic heterocycles. The standard InChI is InChI=1S/C6H12Cl2O/c1-6(2,8)9-5-3-4-7/h3-5H2,1-2H3. The van der Waals surface area contributed by atoms with Crippen molar-refractivity contribution < 1.29 is 4.74 Å². The summed E-state index contributed by atoms with van der Waals surface area (Å²) < 4.78 is 5.15. The van der Waals surface area contributed by atoms with E-state index < -0.39 is 5.06 Å². The summed E-state index contributed by atoms with van der Waals surface area (Å²) in [5, 5.41) is -0.536. The molecule has 0 aliphatic carbocycles. The van der Waals surface area contributed by atoms with Crippen molar-refractivity contribution in [2.24, 2.45) is 0 Å². The van der Waals surface area contributed by atoms with Crippen LogP contribution >= 0.6 is 23.2 Å². The van der Waals surface area contributed by atoms with Crippen LogP contribution in [0.4, 0.5) is 0 Å². The van der Waals surface area contributed by atoms with Gasteiger partial charge in [0, 0.05) is 12.5 Å². The van der Waals surface area contributed by atoms with Crippen LogP contribution in [0.25, 0.3) is 0 Å². The highest BCUT2D eigenvalue weighted by Crippen LogP contribution is 2.13. The third-order valence-electron chi connectivity index (χ3n) is 0.723. The molecule has 0 radical (unpaired) electrons. The fourth-order valence-corrected chi connectivity index (χ4v) is 0.556. The number of rotatable bonds is 4. The van der Waals surface area contributed by atoms with Gasteiger partial charge in [-0.2, -0.15) is 0 Å². The predicted molar refractivity (Wildman–Crippen MR) is 41.2 cm³/mol. The van der Waals surface area contributed by atoms with Crippen LogP contribution in [-0.2, 0) is 4.74 Å². The zero-order chi connectivity index (χ0) is 7.33. The molecule has 0 rings (SSSR count). The second-order valence-corrected chi connectivity index (χ2v) is 3.54. The molecule has 0 saturated heterocycles. The molecule has 0 fully saturated rings. The predicted octanol–water partition coefficient (Wildman–Crippen LogP) is 2.61.